The molecule has 8 nitrogen and oxygen atoms in total. The van der Waals surface area contributed by atoms with Gasteiger partial charge >= 0.3 is 0 Å². The number of anilines is 1. The molecule has 1 amide bonds. The molecule has 1 aliphatic rings. The molecular weight excluding hydrogens is 418 g/mol. The van der Waals surface area contributed by atoms with Crippen LogP contribution in [0.1, 0.15) is 34.2 Å². The van der Waals surface area contributed by atoms with E-state index >= 15 is 0 Å². The van der Waals surface area contributed by atoms with Crippen LogP contribution in [0, 0.1) is 13.8 Å². The third-order valence-electron chi connectivity index (χ3n) is 5.54. The van der Waals surface area contributed by atoms with Gasteiger partial charge in [0.25, 0.3) is 5.91 Å². The topological polar surface area (TPSA) is 89.8 Å². The van der Waals surface area contributed by atoms with Crippen molar-refractivity contribution in [2.24, 2.45) is 4.99 Å². The van der Waals surface area contributed by atoms with Crippen LogP contribution in [0.15, 0.2) is 53.5 Å². The van der Waals surface area contributed by atoms with Crippen molar-refractivity contribution in [2.45, 2.75) is 33.7 Å². The number of aryl methyl sites for hydroxylation is 2. The number of carbonyl (C=O) groups is 1. The van der Waals surface area contributed by atoms with E-state index in [4.69, 9.17) is 9.47 Å². The summed E-state index contributed by atoms with van der Waals surface area (Å²) in [5, 5.41) is 10.7. The number of fused-ring (bicyclic) bond motifs is 1. The monoisotopic (exact) mass is 447 g/mol. The number of nitrogens with one attached hydrogen (secondary N) is 2. The third-order valence-corrected chi connectivity index (χ3v) is 5.54. The Balaban J connectivity index is 1.53. The summed E-state index contributed by atoms with van der Waals surface area (Å²) in [6.45, 7) is 8.55. The Morgan fingerprint density at radius 2 is 1.85 bits per heavy atom. The van der Waals surface area contributed by atoms with Crippen molar-refractivity contribution in [2.75, 3.05) is 25.1 Å². The normalized spacial score (nSPS) is 13.0. The number of carbonyl (C=O) groups excluding carboxylic acids is 1. The maximum Gasteiger partial charge on any atom is 0.257 e. The molecule has 172 valence electrons. The summed E-state index contributed by atoms with van der Waals surface area (Å²) >= 11 is 0. The number of guanidine groups is 1. The molecule has 0 radical (unpaired) electrons. The average molecular weight is 448 g/mol. The predicted molar refractivity (Wildman–Crippen MR) is 128 cm³/mol. The maximum absolute atomic E-state index is 12.8. The number of nitrogens with zero attached hydrogens (tertiary/aromatic N) is 3. The number of benzene rings is 2. The van der Waals surface area contributed by atoms with Crippen LogP contribution in [0.2, 0.25) is 0 Å². The van der Waals surface area contributed by atoms with Gasteiger partial charge in [0.1, 0.15) is 13.2 Å². The first-order chi connectivity index (χ1) is 16.0. The summed E-state index contributed by atoms with van der Waals surface area (Å²) in [5.41, 5.74) is 4.66. The zero-order valence-corrected chi connectivity index (χ0v) is 19.2. The molecular formula is C25H29N5O3. The van der Waals surface area contributed by atoms with E-state index < -0.39 is 0 Å². The first-order valence-corrected chi connectivity index (χ1v) is 11.2. The van der Waals surface area contributed by atoms with Crippen LogP contribution < -0.4 is 20.1 Å². The summed E-state index contributed by atoms with van der Waals surface area (Å²) in [4.78, 5) is 17.4. The zero-order valence-electron chi connectivity index (χ0n) is 19.2. The van der Waals surface area contributed by atoms with Crippen LogP contribution >= 0.6 is 0 Å². The fraction of sp³-hybridized carbons (Fsp3) is 0.320. The zero-order chi connectivity index (χ0) is 23.2. The van der Waals surface area contributed by atoms with E-state index in [0.717, 1.165) is 30.0 Å². The molecule has 1 aliphatic heterocycles. The van der Waals surface area contributed by atoms with Gasteiger partial charge in [-0.3, -0.25) is 19.8 Å². The van der Waals surface area contributed by atoms with Gasteiger partial charge in [-0.25, -0.2) is 0 Å². The molecule has 0 bridgehead atoms. The Morgan fingerprint density at radius 3 is 2.58 bits per heavy atom. The van der Waals surface area contributed by atoms with Crippen molar-refractivity contribution >= 4 is 17.6 Å². The van der Waals surface area contributed by atoms with Gasteiger partial charge in [0.2, 0.25) is 5.96 Å². The first-order valence-electron chi connectivity index (χ1n) is 11.2. The van der Waals surface area contributed by atoms with Crippen molar-refractivity contribution in [3.8, 4) is 11.5 Å². The fourth-order valence-corrected chi connectivity index (χ4v) is 3.82. The molecule has 2 heterocycles. The van der Waals surface area contributed by atoms with Gasteiger partial charge in [0.05, 0.1) is 5.69 Å². The molecule has 0 atom stereocenters. The highest BCUT2D eigenvalue weighted by molar-refractivity contribution is 6.10. The van der Waals surface area contributed by atoms with E-state index in [1.54, 1.807) is 12.1 Å². The van der Waals surface area contributed by atoms with Crippen molar-refractivity contribution in [1.29, 1.82) is 0 Å². The lowest BCUT2D eigenvalue weighted by Crippen LogP contribution is -2.36. The number of aliphatic imine (C=N–C) groups is 1. The maximum atomic E-state index is 12.8. The van der Waals surface area contributed by atoms with Crippen LogP contribution in [-0.2, 0) is 13.0 Å². The molecule has 0 fully saturated rings. The Labute approximate surface area is 193 Å². The number of rotatable bonds is 6. The van der Waals surface area contributed by atoms with Crippen molar-refractivity contribution < 1.29 is 14.3 Å². The number of hydrogen-bond acceptors (Lipinski definition) is 5. The molecule has 2 aromatic carbocycles. The number of amides is 1. The van der Waals surface area contributed by atoms with Crippen molar-refractivity contribution in [3.63, 3.8) is 0 Å². The fourth-order valence-electron chi connectivity index (χ4n) is 3.82. The molecule has 0 aliphatic carbocycles. The van der Waals surface area contributed by atoms with E-state index in [9.17, 15) is 4.79 Å². The lowest BCUT2D eigenvalue weighted by atomic mass is 10.1. The van der Waals surface area contributed by atoms with Gasteiger partial charge < -0.3 is 14.8 Å². The Hall–Kier alpha value is -3.81. The van der Waals surface area contributed by atoms with Gasteiger partial charge in [-0.2, -0.15) is 5.10 Å². The minimum Gasteiger partial charge on any atom is -0.486 e. The van der Waals surface area contributed by atoms with Gasteiger partial charge in [-0.1, -0.05) is 18.2 Å². The third kappa shape index (κ3) is 5.34. The standard InChI is InChI=1S/C25H29N5O3/c1-4-30-18(3)21(17(2)29-30)12-13-26-25(28-24(31)19-8-6-5-7-9-19)27-20-10-11-22-23(16-20)33-15-14-32-22/h5-11,16H,4,12-15H2,1-3H3,(H2,26,27,28,31). The smallest absolute Gasteiger partial charge is 0.257 e. The highest BCUT2D eigenvalue weighted by Crippen LogP contribution is 2.32. The Morgan fingerprint density at radius 1 is 1.09 bits per heavy atom. The summed E-state index contributed by atoms with van der Waals surface area (Å²) in [6, 6.07) is 14.6. The van der Waals surface area contributed by atoms with Crippen LogP contribution in [0.25, 0.3) is 0 Å². The second-order valence-corrected chi connectivity index (χ2v) is 7.75. The molecule has 33 heavy (non-hydrogen) atoms. The van der Waals surface area contributed by atoms with Gasteiger partial charge in [0.15, 0.2) is 11.5 Å². The number of aromatic nitrogens is 2. The Bertz CT molecular complexity index is 1150. The second kappa shape index (κ2) is 10.2. The number of ether oxygens (including phenoxy) is 2. The summed E-state index contributed by atoms with van der Waals surface area (Å²) in [7, 11) is 0. The molecule has 0 unspecified atom stereocenters. The van der Waals surface area contributed by atoms with E-state index in [1.807, 2.05) is 48.0 Å². The Kier molecular flexibility index (Phi) is 6.92. The second-order valence-electron chi connectivity index (χ2n) is 7.75. The van der Waals surface area contributed by atoms with E-state index in [0.29, 0.717) is 42.8 Å². The minimum atomic E-state index is -0.231. The van der Waals surface area contributed by atoms with E-state index in [2.05, 4.69) is 34.6 Å². The minimum absolute atomic E-state index is 0.231. The lowest BCUT2D eigenvalue weighted by molar-refractivity contribution is 0.0977. The van der Waals surface area contributed by atoms with E-state index in [1.165, 1.54) is 5.56 Å². The van der Waals surface area contributed by atoms with Crippen LogP contribution in [-0.4, -0.2) is 41.4 Å². The van der Waals surface area contributed by atoms with Gasteiger partial charge in [-0.05, 0) is 57.0 Å². The quantitative estimate of drug-likeness (QED) is 0.444. The van der Waals surface area contributed by atoms with Crippen molar-refractivity contribution in [1.82, 2.24) is 15.1 Å². The molecule has 2 N–H and O–H groups in total. The van der Waals surface area contributed by atoms with Crippen molar-refractivity contribution in [3.05, 3.63) is 71.0 Å². The highest BCUT2D eigenvalue weighted by Gasteiger charge is 2.15. The molecule has 0 spiro atoms. The van der Waals surface area contributed by atoms with Crippen LogP contribution in [0.5, 0.6) is 11.5 Å². The van der Waals surface area contributed by atoms with Gasteiger partial charge in [0, 0.05) is 36.1 Å². The SMILES string of the molecule is CCn1nc(C)c(CCN=C(NC(=O)c2ccccc2)Nc2ccc3c(c2)OCCO3)c1C. The average Bonchev–Trinajstić information content (AvgIpc) is 3.12. The van der Waals surface area contributed by atoms with Crippen LogP contribution in [0.4, 0.5) is 5.69 Å². The number of hydrogen-bond donors (Lipinski definition) is 2. The van der Waals surface area contributed by atoms with Gasteiger partial charge in [-0.15, -0.1) is 0 Å². The predicted octanol–water partition coefficient (Wildman–Crippen LogP) is 3.73. The summed E-state index contributed by atoms with van der Waals surface area (Å²) < 4.78 is 13.3. The highest BCUT2D eigenvalue weighted by atomic mass is 16.6. The molecule has 0 saturated carbocycles. The molecule has 4 rings (SSSR count). The largest absolute Gasteiger partial charge is 0.486 e. The van der Waals surface area contributed by atoms with E-state index in [-0.39, 0.29) is 5.91 Å². The van der Waals surface area contributed by atoms with Crippen LogP contribution in [0.3, 0.4) is 0 Å². The molecule has 1 aromatic heterocycles. The molecule has 8 heteroatoms. The molecule has 3 aromatic rings. The lowest BCUT2D eigenvalue weighted by Gasteiger charge is -2.19. The summed E-state index contributed by atoms with van der Waals surface area (Å²) in [6.07, 6.45) is 0.727. The summed E-state index contributed by atoms with van der Waals surface area (Å²) in [5.74, 6) is 1.51. The molecule has 0 saturated heterocycles. The first kappa shape index (κ1) is 22.4.